The van der Waals surface area contributed by atoms with Crippen molar-refractivity contribution in [2.24, 2.45) is 4.99 Å². The molecule has 0 bridgehead atoms. The van der Waals surface area contributed by atoms with Gasteiger partial charge in [0.1, 0.15) is 0 Å². The van der Waals surface area contributed by atoms with Crippen LogP contribution in [0, 0.1) is 0 Å². The Bertz CT molecular complexity index is 645. The molecule has 8 heteroatoms. The maximum atomic E-state index is 11.5. The number of hydrogen-bond donors (Lipinski definition) is 3. The zero-order valence-corrected chi connectivity index (χ0v) is 17.8. The molecule has 0 saturated heterocycles. The van der Waals surface area contributed by atoms with Crippen molar-refractivity contribution < 1.29 is 8.42 Å². The molecule has 0 spiro atoms. The molecule has 1 atom stereocenters. The van der Waals surface area contributed by atoms with Gasteiger partial charge in [-0.25, -0.2) is 13.1 Å². The van der Waals surface area contributed by atoms with E-state index in [4.69, 9.17) is 4.99 Å². The van der Waals surface area contributed by atoms with E-state index in [0.29, 0.717) is 25.6 Å². The lowest BCUT2D eigenvalue weighted by molar-refractivity contribution is 0.224. The molecule has 1 unspecified atom stereocenters. The van der Waals surface area contributed by atoms with Crippen LogP contribution >= 0.6 is 0 Å². The average molecular weight is 398 g/mol. The Balaban J connectivity index is 2.76. The summed E-state index contributed by atoms with van der Waals surface area (Å²) in [5.74, 6) is 0.783. The Morgan fingerprint density at radius 3 is 2.26 bits per heavy atom. The van der Waals surface area contributed by atoms with Crippen LogP contribution in [0.3, 0.4) is 0 Å². The first-order valence-corrected chi connectivity index (χ1v) is 11.4. The molecule has 3 N–H and O–H groups in total. The number of likely N-dealkylation sites (N-methyl/N-ethyl adjacent to an activating group) is 1. The van der Waals surface area contributed by atoms with Crippen molar-refractivity contribution in [3.63, 3.8) is 0 Å². The van der Waals surface area contributed by atoms with Crippen molar-refractivity contribution in [3.05, 3.63) is 35.9 Å². The molecular formula is C19H35N5O2S. The molecule has 0 saturated carbocycles. The second-order valence-corrected chi connectivity index (χ2v) is 8.19. The zero-order chi connectivity index (χ0) is 20.1. The Morgan fingerprint density at radius 2 is 1.70 bits per heavy atom. The van der Waals surface area contributed by atoms with Crippen LogP contribution in [0.1, 0.15) is 39.3 Å². The van der Waals surface area contributed by atoms with Crippen LogP contribution in [0.25, 0.3) is 0 Å². The summed E-state index contributed by atoms with van der Waals surface area (Å²) < 4.78 is 25.5. The van der Waals surface area contributed by atoms with Crippen LogP contribution in [0.15, 0.2) is 35.3 Å². The highest BCUT2D eigenvalue weighted by atomic mass is 32.2. The van der Waals surface area contributed by atoms with E-state index in [0.717, 1.165) is 19.6 Å². The highest BCUT2D eigenvalue weighted by Crippen LogP contribution is 2.20. The number of guanidine groups is 1. The van der Waals surface area contributed by atoms with Crippen molar-refractivity contribution in [3.8, 4) is 0 Å². The van der Waals surface area contributed by atoms with Crippen LogP contribution in [0.4, 0.5) is 0 Å². The van der Waals surface area contributed by atoms with E-state index in [9.17, 15) is 8.42 Å². The predicted octanol–water partition coefficient (Wildman–Crippen LogP) is 1.56. The summed E-state index contributed by atoms with van der Waals surface area (Å²) in [6.45, 7) is 12.0. The summed E-state index contributed by atoms with van der Waals surface area (Å²) >= 11 is 0. The van der Waals surface area contributed by atoms with Gasteiger partial charge in [-0.3, -0.25) is 9.89 Å². The molecule has 0 aliphatic heterocycles. The average Bonchev–Trinajstić information content (AvgIpc) is 2.68. The van der Waals surface area contributed by atoms with Crippen LogP contribution < -0.4 is 15.4 Å². The normalized spacial score (nSPS) is 13.6. The number of aliphatic imine (C=N–C) groups is 1. The van der Waals surface area contributed by atoms with E-state index in [1.807, 2.05) is 13.0 Å². The first-order valence-electron chi connectivity index (χ1n) is 9.75. The molecule has 154 valence electrons. The van der Waals surface area contributed by atoms with Crippen molar-refractivity contribution in [1.29, 1.82) is 0 Å². The van der Waals surface area contributed by atoms with Gasteiger partial charge in [0.25, 0.3) is 0 Å². The number of hydrogen-bond acceptors (Lipinski definition) is 4. The SMILES string of the molecule is CCNC(=NCC(c1ccccc1)N(CC)CC)NCCNS(=O)(=O)CC. The second-order valence-electron chi connectivity index (χ2n) is 6.09. The number of rotatable bonds is 12. The molecule has 0 aliphatic carbocycles. The van der Waals surface area contributed by atoms with Crippen LogP contribution in [-0.2, 0) is 10.0 Å². The molecule has 0 aliphatic rings. The Morgan fingerprint density at radius 1 is 1.04 bits per heavy atom. The summed E-state index contributed by atoms with van der Waals surface area (Å²) in [4.78, 5) is 7.12. The Kier molecular flexibility index (Phi) is 11.0. The summed E-state index contributed by atoms with van der Waals surface area (Å²) in [7, 11) is -3.17. The fourth-order valence-electron chi connectivity index (χ4n) is 2.78. The Hall–Kier alpha value is -1.64. The van der Waals surface area contributed by atoms with Gasteiger partial charge in [-0.1, -0.05) is 44.2 Å². The third kappa shape index (κ3) is 8.73. The third-order valence-electron chi connectivity index (χ3n) is 4.32. The summed E-state index contributed by atoms with van der Waals surface area (Å²) in [5.41, 5.74) is 1.25. The quantitative estimate of drug-likeness (QED) is 0.283. The monoisotopic (exact) mass is 397 g/mol. The number of nitrogens with one attached hydrogen (secondary N) is 3. The van der Waals surface area contributed by atoms with Crippen molar-refractivity contribution >= 4 is 16.0 Å². The van der Waals surface area contributed by atoms with E-state index in [-0.39, 0.29) is 11.8 Å². The van der Waals surface area contributed by atoms with Crippen LogP contribution in [0.2, 0.25) is 0 Å². The minimum absolute atomic E-state index is 0.0871. The van der Waals surface area contributed by atoms with Crippen molar-refractivity contribution in [2.45, 2.75) is 33.7 Å². The van der Waals surface area contributed by atoms with E-state index in [2.05, 4.69) is 58.4 Å². The molecular weight excluding hydrogens is 362 g/mol. The third-order valence-corrected chi connectivity index (χ3v) is 5.73. The molecule has 1 aromatic rings. The molecule has 0 fully saturated rings. The zero-order valence-electron chi connectivity index (χ0n) is 17.0. The van der Waals surface area contributed by atoms with Gasteiger partial charge >= 0.3 is 0 Å². The van der Waals surface area contributed by atoms with Crippen LogP contribution in [-0.4, -0.2) is 64.3 Å². The Labute approximate surface area is 164 Å². The molecule has 0 heterocycles. The molecule has 0 aromatic heterocycles. The van der Waals surface area contributed by atoms with E-state index in [1.165, 1.54) is 5.56 Å². The molecule has 27 heavy (non-hydrogen) atoms. The largest absolute Gasteiger partial charge is 0.357 e. The topological polar surface area (TPSA) is 85.8 Å². The summed E-state index contributed by atoms with van der Waals surface area (Å²) in [6.07, 6.45) is 0. The smallest absolute Gasteiger partial charge is 0.211 e. The maximum absolute atomic E-state index is 11.5. The van der Waals surface area contributed by atoms with Gasteiger partial charge in [-0.05, 0) is 32.5 Å². The number of nitrogens with zero attached hydrogens (tertiary/aromatic N) is 2. The summed E-state index contributed by atoms with van der Waals surface area (Å²) in [5, 5.41) is 6.41. The van der Waals surface area contributed by atoms with Crippen molar-refractivity contribution in [2.75, 3.05) is 45.0 Å². The van der Waals surface area contributed by atoms with Gasteiger partial charge in [0, 0.05) is 19.6 Å². The molecule has 7 nitrogen and oxygen atoms in total. The van der Waals surface area contributed by atoms with Gasteiger partial charge in [-0.2, -0.15) is 0 Å². The van der Waals surface area contributed by atoms with Gasteiger partial charge in [0.05, 0.1) is 18.3 Å². The highest BCUT2D eigenvalue weighted by molar-refractivity contribution is 7.89. The predicted molar refractivity (Wildman–Crippen MR) is 114 cm³/mol. The van der Waals surface area contributed by atoms with E-state index < -0.39 is 10.0 Å². The molecule has 1 aromatic carbocycles. The van der Waals surface area contributed by atoms with E-state index >= 15 is 0 Å². The van der Waals surface area contributed by atoms with Crippen molar-refractivity contribution in [1.82, 2.24) is 20.3 Å². The fraction of sp³-hybridized carbons (Fsp3) is 0.632. The fourth-order valence-corrected chi connectivity index (χ4v) is 3.40. The number of sulfonamides is 1. The lowest BCUT2D eigenvalue weighted by atomic mass is 10.1. The molecule has 0 amide bonds. The van der Waals surface area contributed by atoms with Crippen LogP contribution in [0.5, 0.6) is 0 Å². The molecule has 1 rings (SSSR count). The van der Waals surface area contributed by atoms with Gasteiger partial charge in [0.2, 0.25) is 10.0 Å². The van der Waals surface area contributed by atoms with E-state index in [1.54, 1.807) is 6.92 Å². The first-order chi connectivity index (χ1) is 13.0. The van der Waals surface area contributed by atoms with Gasteiger partial charge < -0.3 is 10.6 Å². The number of benzene rings is 1. The first kappa shape index (κ1) is 23.4. The second kappa shape index (κ2) is 12.7. The lowest BCUT2D eigenvalue weighted by Crippen LogP contribution is -2.42. The van der Waals surface area contributed by atoms with Gasteiger partial charge in [0.15, 0.2) is 5.96 Å². The standard InChI is InChI=1S/C19H35N5O2S/c1-5-20-19(21-14-15-23-27(25,26)8-4)22-16-18(24(6-2)7-3)17-12-10-9-11-13-17/h9-13,18,23H,5-8,14-16H2,1-4H3,(H2,20,21,22). The maximum Gasteiger partial charge on any atom is 0.211 e. The lowest BCUT2D eigenvalue weighted by Gasteiger charge is -2.29. The highest BCUT2D eigenvalue weighted by Gasteiger charge is 2.17. The minimum Gasteiger partial charge on any atom is -0.357 e. The van der Waals surface area contributed by atoms with Gasteiger partial charge in [-0.15, -0.1) is 0 Å². The minimum atomic E-state index is -3.17. The molecule has 0 radical (unpaired) electrons. The summed E-state index contributed by atoms with van der Waals surface area (Å²) in [6, 6.07) is 10.6.